The zero-order valence-corrected chi connectivity index (χ0v) is 31.0. The van der Waals surface area contributed by atoms with Crippen LogP contribution in [0.25, 0.3) is 0 Å². The van der Waals surface area contributed by atoms with Crippen molar-refractivity contribution in [2.45, 2.75) is 56.7 Å². The summed E-state index contributed by atoms with van der Waals surface area (Å²) in [6.45, 7) is 7.09. The minimum absolute atomic E-state index is 0.0244. The lowest BCUT2D eigenvalue weighted by atomic mass is 10.0. The highest BCUT2D eigenvalue weighted by atomic mass is 79.9. The fourth-order valence-corrected chi connectivity index (χ4v) is 9.06. The van der Waals surface area contributed by atoms with Gasteiger partial charge in [-0.15, -0.1) is 0 Å². The van der Waals surface area contributed by atoms with Crippen LogP contribution in [0.1, 0.15) is 36.8 Å². The molecule has 1 N–H and O–H groups in total. The second kappa shape index (κ2) is 15.8. The predicted molar refractivity (Wildman–Crippen MR) is 192 cm³/mol. The normalized spacial score (nSPS) is 20.9. The van der Waals surface area contributed by atoms with Crippen LogP contribution in [0.15, 0.2) is 45.3 Å². The van der Waals surface area contributed by atoms with E-state index in [4.69, 9.17) is 9.47 Å². The van der Waals surface area contributed by atoms with Crippen LogP contribution >= 0.6 is 31.9 Å². The number of anilines is 1. The Bertz CT molecular complexity index is 1450. The summed E-state index contributed by atoms with van der Waals surface area (Å²) in [4.78, 5) is 51.2. The maximum absolute atomic E-state index is 14.1. The molecule has 4 aliphatic rings. The Morgan fingerprint density at radius 2 is 1.50 bits per heavy atom. The summed E-state index contributed by atoms with van der Waals surface area (Å²) in [5.74, 6) is 0.508. The third-order valence-electron chi connectivity index (χ3n) is 10.3. The van der Waals surface area contributed by atoms with Crippen LogP contribution < -0.4 is 10.1 Å². The molecule has 3 fully saturated rings. The summed E-state index contributed by atoms with van der Waals surface area (Å²) in [6.07, 6.45) is 2.71. The van der Waals surface area contributed by atoms with E-state index in [1.54, 1.807) is 12.0 Å². The molecule has 48 heavy (non-hydrogen) atoms. The predicted octanol–water partition coefficient (Wildman–Crippen LogP) is 5.06. The van der Waals surface area contributed by atoms with E-state index in [0.29, 0.717) is 57.4 Å². The van der Waals surface area contributed by atoms with Crippen LogP contribution in [0.3, 0.4) is 0 Å². The Morgan fingerprint density at radius 1 is 0.875 bits per heavy atom. The van der Waals surface area contributed by atoms with E-state index in [2.05, 4.69) is 60.1 Å². The molecular weight excluding hydrogens is 744 g/mol. The summed E-state index contributed by atoms with van der Waals surface area (Å²) in [7, 11) is 3.77. The van der Waals surface area contributed by atoms with Gasteiger partial charge in [-0.25, -0.2) is 9.59 Å². The Kier molecular flexibility index (Phi) is 11.5. The quantitative estimate of drug-likeness (QED) is 0.419. The molecule has 3 saturated heterocycles. The van der Waals surface area contributed by atoms with Gasteiger partial charge in [0.25, 0.3) is 5.91 Å². The minimum atomic E-state index is -0.961. The van der Waals surface area contributed by atoms with E-state index in [1.807, 2.05) is 40.1 Å². The van der Waals surface area contributed by atoms with E-state index in [1.165, 1.54) is 0 Å². The molecule has 6 rings (SSSR count). The SMILES string of the molecule is COc1c(Br)cc(CC(OC(=O)N2CCC(N3CCc4ccccc4NC3=O)CC2)C(=O)N2CCC(N3CCN(C)CC3)CC2)cc1Br. The molecule has 4 amide bonds. The van der Waals surface area contributed by atoms with Crippen molar-refractivity contribution >= 4 is 55.6 Å². The van der Waals surface area contributed by atoms with Crippen LogP contribution in [0, 0.1) is 0 Å². The highest BCUT2D eigenvalue weighted by Gasteiger charge is 2.36. The molecule has 0 aliphatic carbocycles. The molecule has 0 radical (unpaired) electrons. The number of methoxy groups -OCH3 is 1. The van der Waals surface area contributed by atoms with Gasteiger partial charge in [0, 0.05) is 83.1 Å². The number of amides is 4. The van der Waals surface area contributed by atoms with Gasteiger partial charge >= 0.3 is 12.1 Å². The van der Waals surface area contributed by atoms with Crippen LogP contribution in [-0.2, 0) is 22.4 Å². The summed E-state index contributed by atoms with van der Waals surface area (Å²) in [5, 5.41) is 3.06. The molecule has 260 valence electrons. The number of fused-ring (bicyclic) bond motifs is 1. The molecule has 11 nitrogen and oxygen atoms in total. The first-order valence-corrected chi connectivity index (χ1v) is 18.6. The van der Waals surface area contributed by atoms with Crippen LogP contribution in [0.2, 0.25) is 0 Å². The van der Waals surface area contributed by atoms with Gasteiger partial charge in [-0.05, 0) is 100 Å². The molecular formula is C35H46Br2N6O5. The molecule has 1 atom stereocenters. The first-order chi connectivity index (χ1) is 23.2. The van der Waals surface area contributed by atoms with E-state index < -0.39 is 12.2 Å². The largest absolute Gasteiger partial charge is 0.494 e. The standard InChI is InChI=1S/C35H46Br2N6O5/c1-39-17-19-40(20-18-39)26-8-12-41(13-9-26)33(44)31(23-24-21-28(36)32(47-2)29(37)22-24)48-35(46)42-14-10-27(11-15-42)43-16-7-25-5-3-4-6-30(25)38-34(43)45/h3-6,21-22,26-27,31H,7-20,23H2,1-2H3,(H,38,45). The number of rotatable bonds is 7. The second-order valence-corrected chi connectivity index (χ2v) is 15.0. The molecule has 4 aliphatic heterocycles. The number of hydrogen-bond acceptors (Lipinski definition) is 7. The average molecular weight is 791 g/mol. The van der Waals surface area contributed by atoms with Gasteiger partial charge < -0.3 is 34.4 Å². The third-order valence-corrected chi connectivity index (χ3v) is 11.5. The number of hydrogen-bond donors (Lipinski definition) is 1. The molecule has 0 spiro atoms. The van der Waals surface area contributed by atoms with E-state index in [0.717, 1.165) is 71.2 Å². The molecule has 2 aromatic rings. The van der Waals surface area contributed by atoms with E-state index >= 15 is 0 Å². The lowest BCUT2D eigenvalue weighted by Gasteiger charge is -2.42. The Morgan fingerprint density at radius 3 is 2.17 bits per heavy atom. The number of likely N-dealkylation sites (N-methyl/N-ethyl adjacent to an activating group) is 1. The lowest BCUT2D eigenvalue weighted by molar-refractivity contribution is -0.142. The minimum Gasteiger partial charge on any atom is -0.494 e. The maximum atomic E-state index is 14.1. The number of piperazine rings is 1. The number of nitrogens with one attached hydrogen (secondary N) is 1. The molecule has 0 saturated carbocycles. The van der Waals surface area contributed by atoms with Crippen molar-refractivity contribution in [3.05, 3.63) is 56.5 Å². The first kappa shape index (κ1) is 35.0. The fourth-order valence-electron chi connectivity index (χ4n) is 7.46. The number of carbonyl (C=O) groups excluding carboxylic acids is 3. The van der Waals surface area contributed by atoms with Crippen molar-refractivity contribution in [2.75, 3.05) is 78.4 Å². The third kappa shape index (κ3) is 8.11. The number of para-hydroxylation sites is 1. The highest BCUT2D eigenvalue weighted by Crippen LogP contribution is 2.35. The topological polar surface area (TPSA) is 97.9 Å². The number of piperidine rings is 2. The van der Waals surface area contributed by atoms with Gasteiger partial charge in [-0.1, -0.05) is 18.2 Å². The van der Waals surface area contributed by atoms with Crippen molar-refractivity contribution in [2.24, 2.45) is 0 Å². The number of benzene rings is 2. The molecule has 2 aromatic carbocycles. The van der Waals surface area contributed by atoms with Crippen molar-refractivity contribution in [3.63, 3.8) is 0 Å². The number of nitrogens with zero attached hydrogens (tertiary/aromatic N) is 5. The second-order valence-electron chi connectivity index (χ2n) is 13.3. The Hall–Kier alpha value is -2.87. The number of halogens is 2. The molecule has 0 bridgehead atoms. The summed E-state index contributed by atoms with van der Waals surface area (Å²) < 4.78 is 13.1. The lowest BCUT2D eigenvalue weighted by Crippen LogP contribution is -2.54. The monoisotopic (exact) mass is 788 g/mol. The number of urea groups is 1. The maximum Gasteiger partial charge on any atom is 0.410 e. The summed E-state index contributed by atoms with van der Waals surface area (Å²) >= 11 is 7.15. The Balaban J connectivity index is 1.09. The number of likely N-dealkylation sites (tertiary alicyclic amines) is 2. The van der Waals surface area contributed by atoms with E-state index in [-0.39, 0.29) is 24.4 Å². The average Bonchev–Trinajstić information content (AvgIpc) is 3.26. The highest BCUT2D eigenvalue weighted by molar-refractivity contribution is 9.11. The fraction of sp³-hybridized carbons (Fsp3) is 0.571. The number of ether oxygens (including phenoxy) is 2. The van der Waals surface area contributed by atoms with Crippen LogP contribution in [0.4, 0.5) is 15.3 Å². The van der Waals surface area contributed by atoms with Crippen molar-refractivity contribution in [1.82, 2.24) is 24.5 Å². The van der Waals surface area contributed by atoms with Crippen molar-refractivity contribution in [1.29, 1.82) is 0 Å². The summed E-state index contributed by atoms with van der Waals surface area (Å²) in [6, 6.07) is 12.1. The molecule has 0 aromatic heterocycles. The van der Waals surface area contributed by atoms with Gasteiger partial charge in [-0.3, -0.25) is 9.69 Å². The van der Waals surface area contributed by atoms with Gasteiger partial charge in [0.1, 0.15) is 5.75 Å². The zero-order chi connectivity index (χ0) is 33.8. The Labute approximate surface area is 300 Å². The molecule has 1 unspecified atom stereocenters. The number of carbonyl (C=O) groups is 3. The first-order valence-electron chi connectivity index (χ1n) is 17.0. The van der Waals surface area contributed by atoms with Crippen LogP contribution in [-0.4, -0.2) is 134 Å². The van der Waals surface area contributed by atoms with Crippen molar-refractivity contribution < 1.29 is 23.9 Å². The van der Waals surface area contributed by atoms with Crippen LogP contribution in [0.5, 0.6) is 5.75 Å². The van der Waals surface area contributed by atoms with Gasteiger partial charge in [0.05, 0.1) is 16.1 Å². The van der Waals surface area contributed by atoms with E-state index in [9.17, 15) is 14.4 Å². The zero-order valence-electron chi connectivity index (χ0n) is 27.8. The molecule has 4 heterocycles. The van der Waals surface area contributed by atoms with Crippen molar-refractivity contribution in [3.8, 4) is 5.75 Å². The smallest absolute Gasteiger partial charge is 0.410 e. The van der Waals surface area contributed by atoms with Gasteiger partial charge in [0.2, 0.25) is 0 Å². The summed E-state index contributed by atoms with van der Waals surface area (Å²) in [5.41, 5.74) is 2.84. The van der Waals surface area contributed by atoms with Gasteiger partial charge in [0.15, 0.2) is 6.10 Å². The van der Waals surface area contributed by atoms with Gasteiger partial charge in [-0.2, -0.15) is 0 Å². The molecule has 13 heteroatoms.